The molecule has 67 heavy (non-hydrogen) atoms. The van der Waals surface area contributed by atoms with Crippen molar-refractivity contribution in [2.24, 2.45) is 22.6 Å². The van der Waals surface area contributed by atoms with E-state index >= 15 is 0 Å². The third-order valence-electron chi connectivity index (χ3n) is 14.4. The summed E-state index contributed by atoms with van der Waals surface area (Å²) in [6.45, 7) is 12.8. The van der Waals surface area contributed by atoms with E-state index in [1.807, 2.05) is 43.7 Å². The van der Waals surface area contributed by atoms with Gasteiger partial charge in [0.15, 0.2) is 0 Å². The lowest BCUT2D eigenvalue weighted by Gasteiger charge is -2.33. The van der Waals surface area contributed by atoms with Crippen LogP contribution in [0.5, 0.6) is 5.75 Å². The number of amides is 2. The van der Waals surface area contributed by atoms with Gasteiger partial charge in [0, 0.05) is 67.6 Å². The molecular weight excluding hydrogens is 849 g/mol. The van der Waals surface area contributed by atoms with Gasteiger partial charge in [-0.25, -0.2) is 4.98 Å². The molecule has 0 bridgehead atoms. The Morgan fingerprint density at radius 2 is 1.70 bits per heavy atom. The molecular formula is C51H64N10O6. The van der Waals surface area contributed by atoms with Crippen LogP contribution in [0.15, 0.2) is 77.9 Å². The lowest BCUT2D eigenvalue weighted by Crippen LogP contribution is -2.56. The van der Waals surface area contributed by atoms with Crippen molar-refractivity contribution in [1.29, 1.82) is 0 Å². The number of nitrogens with one attached hydrogen (secondary N) is 3. The first-order valence-corrected chi connectivity index (χ1v) is 24.0. The molecule has 0 radical (unpaired) electrons. The highest BCUT2D eigenvalue weighted by Crippen LogP contribution is 2.46. The second-order valence-corrected chi connectivity index (χ2v) is 19.3. The summed E-state index contributed by atoms with van der Waals surface area (Å²) in [6.07, 6.45) is 3.38. The fourth-order valence-electron chi connectivity index (χ4n) is 10.6. The third kappa shape index (κ3) is 8.63. The summed E-state index contributed by atoms with van der Waals surface area (Å²) in [5.41, 5.74) is 15.3. The number of nitrogens with two attached hydrogens (primary N) is 1. The maximum atomic E-state index is 13.9. The number of rotatable bonds is 13. The first kappa shape index (κ1) is 45.2. The topological polar surface area (TPSA) is 188 Å². The number of ether oxygens (including phenoxy) is 3. The zero-order valence-electron chi connectivity index (χ0n) is 39.2. The molecule has 3 fully saturated rings. The zero-order valence-corrected chi connectivity index (χ0v) is 39.2. The van der Waals surface area contributed by atoms with Gasteiger partial charge in [-0.1, -0.05) is 52.0 Å². The van der Waals surface area contributed by atoms with Crippen molar-refractivity contribution >= 4 is 34.1 Å². The predicted molar refractivity (Wildman–Crippen MR) is 258 cm³/mol. The summed E-state index contributed by atoms with van der Waals surface area (Å²) in [5.74, 6) is 1.45. The van der Waals surface area contributed by atoms with Crippen molar-refractivity contribution in [2.75, 3.05) is 57.9 Å². The van der Waals surface area contributed by atoms with Gasteiger partial charge in [0.2, 0.25) is 24.5 Å². The molecule has 7 atom stereocenters. The number of aromatic amines is 1. The number of aliphatic hydroxyl groups is 1. The minimum Gasteiger partial charge on any atom is -0.465 e. The maximum Gasteiger partial charge on any atom is 0.240 e. The van der Waals surface area contributed by atoms with Gasteiger partial charge in [-0.15, -0.1) is 0 Å². The van der Waals surface area contributed by atoms with E-state index in [-0.39, 0.29) is 41.9 Å². The summed E-state index contributed by atoms with van der Waals surface area (Å²) in [5, 5.41) is 17.8. The first-order chi connectivity index (χ1) is 32.5. The number of aliphatic imine (C=N–C) groups is 1. The summed E-state index contributed by atoms with van der Waals surface area (Å²) < 4.78 is 20.2. The lowest BCUT2D eigenvalue weighted by atomic mass is 10.0. The lowest BCUT2D eigenvalue weighted by molar-refractivity contribution is -0.145. The molecule has 7 unspecified atom stereocenters. The number of carbonyl (C=O) groups excluding carboxylic acids is 2. The number of likely N-dealkylation sites (tertiary alicyclic amines) is 2. The minimum absolute atomic E-state index is 0.0281. The van der Waals surface area contributed by atoms with Gasteiger partial charge in [-0.2, -0.15) is 0 Å². The Bertz CT molecular complexity index is 2650. The third-order valence-corrected chi connectivity index (χ3v) is 14.4. The SMILES string of the molecule is COC(O)NC(C(=O)N1CCCC1C1N=C(c2ccc3c(c2)cc2n3C(c3cccc(N4CCOCC4)c3)Oc3cc(-c4cnc(C5CCCN5C(=O)C(N)C(C)C)[nH]4)ccc3-2)CN1)C(C)C. The standard InChI is InChI=1S/C51H64N10O6/c1-29(2)44(52)48(62)59-17-7-11-40(59)46-54-28-38(56-46)32-13-15-36-42-25-34-23-31(37-27-53-47(55-37)41-12-8-18-60(41)49(63)45(30(3)4)57-51(64)65-5)14-16-39(34)61(42)50(67-43(36)26-32)33-9-6-10-35(24-33)58-19-21-66-22-20-58/h6,9-10,13-16,23-26,28-30,40-41,44-45,47,50-51,53,57,64H,7-8,11-12,17-22,27,52H2,1-5H3,(H,54,56). The number of imidazole rings is 1. The van der Waals surface area contributed by atoms with Crippen LogP contribution in [0.2, 0.25) is 0 Å². The Kier molecular flexibility index (Phi) is 12.7. The number of H-pyrrole nitrogens is 1. The number of methoxy groups -OCH3 is 1. The molecule has 0 saturated carbocycles. The Morgan fingerprint density at radius 3 is 2.49 bits per heavy atom. The highest BCUT2D eigenvalue weighted by atomic mass is 16.6. The highest BCUT2D eigenvalue weighted by molar-refractivity contribution is 6.06. The molecule has 2 amide bonds. The number of anilines is 1. The van der Waals surface area contributed by atoms with Crippen molar-refractivity contribution < 1.29 is 28.9 Å². The van der Waals surface area contributed by atoms with Gasteiger partial charge in [0.05, 0.1) is 66.2 Å². The molecule has 354 valence electrons. The van der Waals surface area contributed by atoms with E-state index in [0.29, 0.717) is 32.8 Å². The molecule has 0 aliphatic carbocycles. The van der Waals surface area contributed by atoms with E-state index in [9.17, 15) is 14.7 Å². The summed E-state index contributed by atoms with van der Waals surface area (Å²) >= 11 is 0. The minimum atomic E-state index is -1.23. The quantitative estimate of drug-likeness (QED) is 0.0957. The van der Waals surface area contributed by atoms with Gasteiger partial charge in [0.25, 0.3) is 0 Å². The van der Waals surface area contributed by atoms with E-state index < -0.39 is 24.7 Å². The van der Waals surface area contributed by atoms with Crippen LogP contribution < -0.4 is 26.0 Å². The van der Waals surface area contributed by atoms with E-state index in [1.54, 1.807) is 0 Å². The molecule has 6 N–H and O–H groups in total. The molecule has 5 aromatic rings. The molecule has 16 nitrogen and oxygen atoms in total. The fourth-order valence-corrected chi connectivity index (χ4v) is 10.6. The van der Waals surface area contributed by atoms with Gasteiger partial charge >= 0.3 is 0 Å². The van der Waals surface area contributed by atoms with E-state index in [0.717, 1.165) is 106 Å². The number of aromatic nitrogens is 3. The van der Waals surface area contributed by atoms with Crippen LogP contribution in [0.3, 0.4) is 0 Å². The number of fused-ring (bicyclic) bond motifs is 5. The number of morpholine rings is 1. The largest absolute Gasteiger partial charge is 0.465 e. The van der Waals surface area contributed by atoms with Crippen LogP contribution in [-0.4, -0.2) is 131 Å². The molecule has 16 heteroatoms. The van der Waals surface area contributed by atoms with Crippen LogP contribution >= 0.6 is 0 Å². The van der Waals surface area contributed by atoms with Crippen LogP contribution in [0.25, 0.3) is 33.4 Å². The van der Waals surface area contributed by atoms with E-state index in [4.69, 9.17) is 29.9 Å². The van der Waals surface area contributed by atoms with Crippen LogP contribution in [0, 0.1) is 11.8 Å². The molecule has 3 aromatic carbocycles. The number of benzene rings is 3. The monoisotopic (exact) mass is 913 g/mol. The van der Waals surface area contributed by atoms with Gasteiger partial charge < -0.3 is 49.3 Å². The number of aliphatic hydroxyl groups excluding tert-OH is 1. The molecule has 7 heterocycles. The second-order valence-electron chi connectivity index (χ2n) is 19.3. The summed E-state index contributed by atoms with van der Waals surface area (Å²) in [4.78, 5) is 47.1. The molecule has 0 spiro atoms. The van der Waals surface area contributed by atoms with E-state index in [2.05, 4.69) is 91.8 Å². The van der Waals surface area contributed by atoms with Crippen molar-refractivity contribution in [2.45, 2.75) is 96.4 Å². The van der Waals surface area contributed by atoms with Crippen molar-refractivity contribution in [1.82, 2.24) is 35.0 Å². The van der Waals surface area contributed by atoms with Crippen LogP contribution in [-0.2, 0) is 19.1 Å². The predicted octanol–water partition coefficient (Wildman–Crippen LogP) is 5.37. The molecule has 5 aliphatic heterocycles. The average molecular weight is 913 g/mol. The number of hydrogen-bond donors (Lipinski definition) is 5. The Labute approximate surface area is 391 Å². The summed E-state index contributed by atoms with van der Waals surface area (Å²) in [6, 6.07) is 22.4. The molecule has 3 saturated heterocycles. The Morgan fingerprint density at radius 1 is 0.910 bits per heavy atom. The van der Waals surface area contributed by atoms with Crippen molar-refractivity contribution in [3.8, 4) is 28.3 Å². The van der Waals surface area contributed by atoms with Crippen LogP contribution in [0.4, 0.5) is 5.69 Å². The molecule has 2 aromatic heterocycles. The fraction of sp³-hybridized carbons (Fsp3) is 0.490. The van der Waals surface area contributed by atoms with Crippen LogP contribution in [0.1, 0.15) is 82.6 Å². The number of nitrogens with zero attached hydrogens (tertiary/aromatic N) is 6. The Hall–Kier alpha value is -5.62. The van der Waals surface area contributed by atoms with Gasteiger partial charge in [-0.3, -0.25) is 25.2 Å². The smallest absolute Gasteiger partial charge is 0.240 e. The van der Waals surface area contributed by atoms with Gasteiger partial charge in [0.1, 0.15) is 17.7 Å². The first-order valence-electron chi connectivity index (χ1n) is 24.0. The maximum absolute atomic E-state index is 13.9. The zero-order chi connectivity index (χ0) is 46.5. The van der Waals surface area contributed by atoms with Gasteiger partial charge in [-0.05, 0) is 85.5 Å². The number of carbonyl (C=O) groups is 2. The molecule has 5 aliphatic rings. The van der Waals surface area contributed by atoms with E-state index in [1.165, 1.54) is 7.11 Å². The average Bonchev–Trinajstić information content (AvgIpc) is 4.21. The molecule has 10 rings (SSSR count). The van der Waals surface area contributed by atoms with Crippen molar-refractivity contribution in [3.63, 3.8) is 0 Å². The second kappa shape index (κ2) is 18.8. The Balaban J connectivity index is 0.971. The summed E-state index contributed by atoms with van der Waals surface area (Å²) in [7, 11) is 1.41. The number of hydrogen-bond acceptors (Lipinski definition) is 12. The highest BCUT2D eigenvalue weighted by Gasteiger charge is 2.41. The van der Waals surface area contributed by atoms with Crippen molar-refractivity contribution in [3.05, 3.63) is 89.9 Å². The normalized spacial score (nSPS) is 23.1.